The molecule has 0 spiro atoms. The van der Waals surface area contributed by atoms with E-state index in [0.717, 1.165) is 41.8 Å². The van der Waals surface area contributed by atoms with Crippen LogP contribution < -0.4 is 15.6 Å². The molecule has 1 aromatic carbocycles. The third-order valence-corrected chi connectivity index (χ3v) is 5.46. The molecule has 0 saturated heterocycles. The fourth-order valence-electron chi connectivity index (χ4n) is 3.82. The van der Waals surface area contributed by atoms with Gasteiger partial charge in [-0.25, -0.2) is 9.97 Å². The predicted molar refractivity (Wildman–Crippen MR) is 114 cm³/mol. The number of ether oxygens (including phenoxy) is 1. The number of hydrogen-bond donors (Lipinski definition) is 1. The molecule has 4 rings (SSSR count). The van der Waals surface area contributed by atoms with E-state index < -0.39 is 0 Å². The normalized spacial score (nSPS) is 15.6. The van der Waals surface area contributed by atoms with Crippen LogP contribution in [0.25, 0.3) is 11.0 Å². The zero-order valence-electron chi connectivity index (χ0n) is 17.4. The van der Waals surface area contributed by atoms with Crippen LogP contribution in [0.4, 0.5) is 0 Å². The molecule has 30 heavy (non-hydrogen) atoms. The van der Waals surface area contributed by atoms with Gasteiger partial charge in [0, 0.05) is 12.2 Å². The summed E-state index contributed by atoms with van der Waals surface area (Å²) in [6.07, 6.45) is 4.36. The van der Waals surface area contributed by atoms with Crippen LogP contribution in [0.15, 0.2) is 41.5 Å². The summed E-state index contributed by atoms with van der Waals surface area (Å²) in [5.41, 5.74) is 3.35. The number of hydrogen-bond acceptors (Lipinski definition) is 5. The van der Waals surface area contributed by atoms with E-state index in [9.17, 15) is 9.59 Å². The Kier molecular flexibility index (Phi) is 5.79. The van der Waals surface area contributed by atoms with Crippen LogP contribution in [0.3, 0.4) is 0 Å². The Labute approximate surface area is 175 Å². The molecule has 1 atom stereocenters. The van der Waals surface area contributed by atoms with E-state index in [1.165, 1.54) is 10.9 Å². The third kappa shape index (κ3) is 4.35. The molecule has 1 N–H and O–H groups in total. The Balaban J connectivity index is 1.46. The van der Waals surface area contributed by atoms with Crippen LogP contribution in [0.2, 0.25) is 0 Å². The van der Waals surface area contributed by atoms with Crippen molar-refractivity contribution >= 4 is 16.9 Å². The number of carbonyl (C=O) groups excluding carboxylic acids is 1. The van der Waals surface area contributed by atoms with Gasteiger partial charge in [-0.1, -0.05) is 19.1 Å². The van der Waals surface area contributed by atoms with Crippen LogP contribution in [0.5, 0.6) is 5.75 Å². The molecule has 2 heterocycles. The summed E-state index contributed by atoms with van der Waals surface area (Å²) in [6.45, 7) is 5.06. The second-order valence-electron chi connectivity index (χ2n) is 7.84. The summed E-state index contributed by atoms with van der Waals surface area (Å²) in [5.74, 6) is 1.14. The first-order valence-corrected chi connectivity index (χ1v) is 10.4. The highest BCUT2D eigenvalue weighted by atomic mass is 16.5. The van der Waals surface area contributed by atoms with E-state index >= 15 is 0 Å². The number of fused-ring (bicyclic) bond motifs is 2. The van der Waals surface area contributed by atoms with E-state index in [2.05, 4.69) is 22.2 Å². The van der Waals surface area contributed by atoms with Crippen molar-refractivity contribution < 1.29 is 9.53 Å². The van der Waals surface area contributed by atoms with E-state index in [1.54, 1.807) is 0 Å². The van der Waals surface area contributed by atoms with Crippen molar-refractivity contribution in [3.63, 3.8) is 0 Å². The van der Waals surface area contributed by atoms with Crippen molar-refractivity contribution in [3.05, 3.63) is 63.8 Å². The average molecular weight is 406 g/mol. The van der Waals surface area contributed by atoms with Crippen molar-refractivity contribution in [3.8, 4) is 5.75 Å². The number of carbonyl (C=O) groups is 1. The van der Waals surface area contributed by atoms with Crippen LogP contribution in [0.1, 0.15) is 37.1 Å². The Bertz CT molecular complexity index is 1120. The number of rotatable bonds is 6. The molecular weight excluding hydrogens is 380 g/mol. The van der Waals surface area contributed by atoms with Gasteiger partial charge in [0.05, 0.1) is 12.0 Å². The Morgan fingerprint density at radius 1 is 1.30 bits per heavy atom. The van der Waals surface area contributed by atoms with Crippen molar-refractivity contribution in [2.24, 2.45) is 5.92 Å². The second-order valence-corrected chi connectivity index (χ2v) is 7.84. The molecule has 7 nitrogen and oxygen atoms in total. The maximum Gasteiger partial charge on any atom is 0.263 e. The molecule has 156 valence electrons. The molecule has 3 aromatic rings. The number of benzene rings is 1. The van der Waals surface area contributed by atoms with Gasteiger partial charge < -0.3 is 10.1 Å². The minimum absolute atomic E-state index is 0.0771. The molecule has 0 bridgehead atoms. The van der Waals surface area contributed by atoms with Crippen LogP contribution in [-0.2, 0) is 30.7 Å². The molecule has 0 fully saturated rings. The van der Waals surface area contributed by atoms with Gasteiger partial charge in [-0.15, -0.1) is 0 Å². The maximum absolute atomic E-state index is 12.9. The number of aryl methyl sites for hydroxylation is 1. The summed E-state index contributed by atoms with van der Waals surface area (Å²) >= 11 is 0. The van der Waals surface area contributed by atoms with Crippen molar-refractivity contribution in [2.75, 3.05) is 6.61 Å². The molecule has 0 radical (unpaired) electrons. The Morgan fingerprint density at radius 3 is 2.87 bits per heavy atom. The van der Waals surface area contributed by atoms with Gasteiger partial charge in [0.2, 0.25) is 5.91 Å². The Hall–Kier alpha value is -3.22. The van der Waals surface area contributed by atoms with Gasteiger partial charge in [0.25, 0.3) is 5.56 Å². The highest BCUT2D eigenvalue weighted by Crippen LogP contribution is 2.25. The van der Waals surface area contributed by atoms with E-state index in [-0.39, 0.29) is 18.0 Å². The van der Waals surface area contributed by atoms with Crippen LogP contribution in [0, 0.1) is 5.92 Å². The highest BCUT2D eigenvalue weighted by Gasteiger charge is 2.19. The summed E-state index contributed by atoms with van der Waals surface area (Å²) in [4.78, 5) is 34.2. The predicted octanol–water partition coefficient (Wildman–Crippen LogP) is 2.63. The zero-order valence-corrected chi connectivity index (χ0v) is 17.4. The van der Waals surface area contributed by atoms with Gasteiger partial charge in [0.1, 0.15) is 18.6 Å². The molecule has 7 heteroatoms. The van der Waals surface area contributed by atoms with Crippen molar-refractivity contribution in [1.82, 2.24) is 19.9 Å². The maximum atomic E-state index is 12.9. The van der Waals surface area contributed by atoms with Gasteiger partial charge in [-0.2, -0.15) is 0 Å². The lowest BCUT2D eigenvalue weighted by molar-refractivity contribution is -0.121. The average Bonchev–Trinajstić information content (AvgIpc) is 2.74. The van der Waals surface area contributed by atoms with Crippen LogP contribution >= 0.6 is 0 Å². The minimum Gasteiger partial charge on any atom is -0.494 e. The number of nitrogens with zero attached hydrogens (tertiary/aromatic N) is 3. The standard InChI is InChI=1S/C23H26N4O3/c1-3-30-18-7-5-16(6-8-18)12-24-21(28)13-27-14-25-22-19(23(27)29)11-17-10-15(2)4-9-20(17)26-22/h5-8,11,14-15H,3-4,9-10,12-13H2,1-2H3,(H,24,28). The number of pyridine rings is 1. The quantitative estimate of drug-likeness (QED) is 0.680. The number of nitrogens with one attached hydrogen (secondary N) is 1. The van der Waals surface area contributed by atoms with Gasteiger partial charge in [-0.3, -0.25) is 14.2 Å². The highest BCUT2D eigenvalue weighted by molar-refractivity contribution is 5.77. The first kappa shape index (κ1) is 20.1. The summed E-state index contributed by atoms with van der Waals surface area (Å²) in [5, 5.41) is 3.32. The summed E-state index contributed by atoms with van der Waals surface area (Å²) in [7, 11) is 0. The van der Waals surface area contributed by atoms with Crippen LogP contribution in [-0.4, -0.2) is 27.0 Å². The fourth-order valence-corrected chi connectivity index (χ4v) is 3.82. The van der Waals surface area contributed by atoms with E-state index in [0.29, 0.717) is 30.1 Å². The minimum atomic E-state index is -0.244. The van der Waals surface area contributed by atoms with Gasteiger partial charge >= 0.3 is 0 Å². The molecular formula is C23H26N4O3. The van der Waals surface area contributed by atoms with E-state index in [4.69, 9.17) is 4.74 Å². The third-order valence-electron chi connectivity index (χ3n) is 5.46. The monoisotopic (exact) mass is 406 g/mol. The smallest absolute Gasteiger partial charge is 0.263 e. The summed E-state index contributed by atoms with van der Waals surface area (Å²) in [6, 6.07) is 9.47. The lowest BCUT2D eigenvalue weighted by atomic mass is 9.87. The molecule has 1 aliphatic rings. The van der Waals surface area contributed by atoms with Gasteiger partial charge in [0.15, 0.2) is 5.65 Å². The number of aromatic nitrogens is 3. The zero-order chi connectivity index (χ0) is 21.1. The first-order chi connectivity index (χ1) is 14.5. The van der Waals surface area contributed by atoms with Gasteiger partial charge in [-0.05, 0) is 61.4 Å². The van der Waals surface area contributed by atoms with Crippen molar-refractivity contribution in [1.29, 1.82) is 0 Å². The molecule has 1 amide bonds. The molecule has 1 aliphatic carbocycles. The molecule has 2 aromatic heterocycles. The first-order valence-electron chi connectivity index (χ1n) is 10.4. The number of amides is 1. The SMILES string of the molecule is CCOc1ccc(CNC(=O)Cn2cnc3nc4c(cc3c2=O)CC(C)CC4)cc1. The summed E-state index contributed by atoms with van der Waals surface area (Å²) < 4.78 is 6.76. The lowest BCUT2D eigenvalue weighted by Gasteiger charge is -2.20. The van der Waals surface area contributed by atoms with E-state index in [1.807, 2.05) is 37.3 Å². The lowest BCUT2D eigenvalue weighted by Crippen LogP contribution is -2.32. The fraction of sp³-hybridized carbons (Fsp3) is 0.391. The topological polar surface area (TPSA) is 86.1 Å². The molecule has 0 saturated carbocycles. The largest absolute Gasteiger partial charge is 0.494 e. The second kappa shape index (κ2) is 8.65. The molecule has 1 unspecified atom stereocenters. The van der Waals surface area contributed by atoms with Crippen molar-refractivity contribution in [2.45, 2.75) is 46.2 Å². The molecule has 0 aliphatic heterocycles. The Morgan fingerprint density at radius 2 is 2.10 bits per heavy atom.